The molecule has 30 heavy (non-hydrogen) atoms. The van der Waals surface area contributed by atoms with E-state index in [1.165, 1.54) is 0 Å². The zero-order valence-electron chi connectivity index (χ0n) is 16.3. The summed E-state index contributed by atoms with van der Waals surface area (Å²) in [4.78, 5) is 18.9. The maximum atomic E-state index is 13.7. The molecule has 9 nitrogen and oxygen atoms in total. The molecule has 0 saturated carbocycles. The second kappa shape index (κ2) is 8.28. The molecule has 1 unspecified atom stereocenters. The molecule has 2 aliphatic heterocycles. The molecule has 162 valence electrons. The Bertz CT molecular complexity index is 906. The van der Waals surface area contributed by atoms with Gasteiger partial charge in [-0.05, 0) is 13.0 Å². The number of nitrogens with one attached hydrogen (secondary N) is 1. The number of ether oxygens (including phenoxy) is 2. The van der Waals surface area contributed by atoms with Crippen molar-refractivity contribution < 1.29 is 22.6 Å². The summed E-state index contributed by atoms with van der Waals surface area (Å²) in [7, 11) is 0. The van der Waals surface area contributed by atoms with Crippen LogP contribution in [0.5, 0.6) is 0 Å². The van der Waals surface area contributed by atoms with Crippen LogP contribution in [0.4, 0.5) is 24.9 Å². The smallest absolute Gasteiger partial charge is 0.384 e. The van der Waals surface area contributed by atoms with Gasteiger partial charge in [0.05, 0.1) is 37.0 Å². The summed E-state index contributed by atoms with van der Waals surface area (Å²) in [5, 5.41) is 3.18. The quantitative estimate of drug-likeness (QED) is 0.754. The number of aromatic nitrogens is 4. The van der Waals surface area contributed by atoms with Gasteiger partial charge in [0.2, 0.25) is 5.95 Å². The van der Waals surface area contributed by atoms with Gasteiger partial charge in [0.1, 0.15) is 11.9 Å². The van der Waals surface area contributed by atoms with Gasteiger partial charge >= 0.3 is 6.18 Å². The molecule has 0 spiro atoms. The minimum Gasteiger partial charge on any atom is -0.384 e. The number of pyridine rings is 1. The lowest BCUT2D eigenvalue weighted by Crippen LogP contribution is -2.45. The maximum absolute atomic E-state index is 13.7. The summed E-state index contributed by atoms with van der Waals surface area (Å²) >= 11 is 0. The average molecular weight is 425 g/mol. The first-order chi connectivity index (χ1) is 14.3. The molecule has 0 aromatic carbocycles. The number of nitrogens with zero attached hydrogens (tertiary/aromatic N) is 5. The summed E-state index contributed by atoms with van der Waals surface area (Å²) < 4.78 is 52.2. The van der Waals surface area contributed by atoms with Crippen molar-refractivity contribution in [3.05, 3.63) is 23.7 Å². The lowest BCUT2D eigenvalue weighted by atomic mass is 10.1. The summed E-state index contributed by atoms with van der Waals surface area (Å²) in [6.07, 6.45) is -4.09. The van der Waals surface area contributed by atoms with Gasteiger partial charge in [0.25, 0.3) is 0 Å². The fourth-order valence-corrected chi connectivity index (χ4v) is 3.41. The van der Waals surface area contributed by atoms with Crippen molar-refractivity contribution in [2.45, 2.75) is 25.2 Å². The van der Waals surface area contributed by atoms with Crippen LogP contribution in [-0.4, -0.2) is 65.4 Å². The summed E-state index contributed by atoms with van der Waals surface area (Å²) in [5.41, 5.74) is 4.29. The zero-order chi connectivity index (χ0) is 21.3. The molecule has 2 aromatic heterocycles. The Labute approximate surface area is 170 Å². The van der Waals surface area contributed by atoms with Gasteiger partial charge in [0.15, 0.2) is 11.6 Å². The van der Waals surface area contributed by atoms with Crippen LogP contribution in [0.15, 0.2) is 12.3 Å². The monoisotopic (exact) mass is 425 g/mol. The molecular weight excluding hydrogens is 403 g/mol. The highest BCUT2D eigenvalue weighted by Gasteiger charge is 2.36. The number of rotatable bonds is 3. The average Bonchev–Trinajstić information content (AvgIpc) is 2.74. The molecule has 2 aliphatic rings. The van der Waals surface area contributed by atoms with Gasteiger partial charge < -0.3 is 25.4 Å². The first kappa shape index (κ1) is 20.7. The number of morpholine rings is 2. The third-order valence-corrected chi connectivity index (χ3v) is 4.95. The summed E-state index contributed by atoms with van der Waals surface area (Å²) in [5.74, 6) is 0.195. The van der Waals surface area contributed by atoms with Crippen LogP contribution in [0.1, 0.15) is 24.4 Å². The fourth-order valence-electron chi connectivity index (χ4n) is 3.41. The Morgan fingerprint density at radius 1 is 1.23 bits per heavy atom. The van der Waals surface area contributed by atoms with E-state index in [1.807, 2.05) is 11.8 Å². The van der Waals surface area contributed by atoms with Crippen molar-refractivity contribution in [2.75, 3.05) is 50.1 Å². The molecule has 0 amide bonds. The Hall–Kier alpha value is -2.57. The molecule has 0 bridgehead atoms. The van der Waals surface area contributed by atoms with E-state index in [-0.39, 0.29) is 35.0 Å². The molecule has 4 heterocycles. The van der Waals surface area contributed by atoms with E-state index >= 15 is 0 Å². The molecule has 4 rings (SSSR count). The number of anilines is 2. The van der Waals surface area contributed by atoms with Crippen LogP contribution >= 0.6 is 0 Å². The Morgan fingerprint density at radius 3 is 2.77 bits per heavy atom. The maximum Gasteiger partial charge on any atom is 0.417 e. The minimum atomic E-state index is -4.64. The lowest BCUT2D eigenvalue weighted by Gasteiger charge is -2.34. The normalized spacial score (nSPS) is 22.9. The van der Waals surface area contributed by atoms with E-state index in [0.717, 1.165) is 12.3 Å². The second-order valence-corrected chi connectivity index (χ2v) is 7.15. The second-order valence-electron chi connectivity index (χ2n) is 7.15. The number of nitrogen functional groups attached to an aromatic ring is 1. The molecule has 2 atom stereocenters. The number of nitrogens with two attached hydrogens (primary N) is 1. The predicted molar refractivity (Wildman–Crippen MR) is 102 cm³/mol. The fraction of sp³-hybridized carbons (Fsp3) is 0.556. The first-order valence-electron chi connectivity index (χ1n) is 9.58. The Balaban J connectivity index is 1.84. The first-order valence-corrected chi connectivity index (χ1v) is 9.58. The predicted octanol–water partition coefficient (Wildman–Crippen LogP) is 1.42. The van der Waals surface area contributed by atoms with Crippen LogP contribution in [-0.2, 0) is 15.7 Å². The highest BCUT2D eigenvalue weighted by molar-refractivity contribution is 5.63. The van der Waals surface area contributed by atoms with Crippen LogP contribution in [0.25, 0.3) is 11.4 Å². The standard InChI is InChI=1S/C18H22F3N7O2/c1-10-9-29-5-3-28(10)17-26-15(25-16(27-17)13-8-23-2-4-30-13)11-7-24-14(22)6-12(11)18(19,20)21/h6-7,10,13,23H,2-5,8-9H2,1H3,(H2,22,24)/t10-,13?/m0/s1. The molecule has 0 radical (unpaired) electrons. The molecule has 2 fully saturated rings. The largest absolute Gasteiger partial charge is 0.417 e. The third-order valence-electron chi connectivity index (χ3n) is 4.95. The van der Waals surface area contributed by atoms with Crippen molar-refractivity contribution in [1.82, 2.24) is 25.3 Å². The minimum absolute atomic E-state index is 0.0427. The van der Waals surface area contributed by atoms with Crippen LogP contribution in [0, 0.1) is 0 Å². The Morgan fingerprint density at radius 2 is 2.07 bits per heavy atom. The van der Waals surface area contributed by atoms with Crippen LogP contribution in [0.2, 0.25) is 0 Å². The van der Waals surface area contributed by atoms with Crippen molar-refractivity contribution in [2.24, 2.45) is 0 Å². The van der Waals surface area contributed by atoms with Crippen LogP contribution < -0.4 is 16.0 Å². The number of halogens is 3. The van der Waals surface area contributed by atoms with Crippen molar-refractivity contribution in [3.63, 3.8) is 0 Å². The topological polar surface area (TPSA) is 111 Å². The molecule has 0 aliphatic carbocycles. The van der Waals surface area contributed by atoms with E-state index in [4.69, 9.17) is 15.2 Å². The molecular formula is C18H22F3N7O2. The van der Waals surface area contributed by atoms with Gasteiger partial charge in [-0.25, -0.2) is 9.97 Å². The zero-order valence-corrected chi connectivity index (χ0v) is 16.3. The van der Waals surface area contributed by atoms with Crippen molar-refractivity contribution in [1.29, 1.82) is 0 Å². The molecule has 3 N–H and O–H groups in total. The van der Waals surface area contributed by atoms with Crippen molar-refractivity contribution in [3.8, 4) is 11.4 Å². The van der Waals surface area contributed by atoms with Gasteiger partial charge in [-0.3, -0.25) is 0 Å². The van der Waals surface area contributed by atoms with E-state index in [0.29, 0.717) is 39.5 Å². The van der Waals surface area contributed by atoms with Crippen molar-refractivity contribution >= 4 is 11.8 Å². The highest BCUT2D eigenvalue weighted by Crippen LogP contribution is 2.37. The van der Waals surface area contributed by atoms with Gasteiger partial charge in [0, 0.05) is 25.8 Å². The van der Waals surface area contributed by atoms with E-state index in [2.05, 4.69) is 25.3 Å². The third kappa shape index (κ3) is 4.30. The highest BCUT2D eigenvalue weighted by atomic mass is 19.4. The molecule has 12 heteroatoms. The number of hydrogen-bond acceptors (Lipinski definition) is 9. The number of hydrogen-bond donors (Lipinski definition) is 2. The summed E-state index contributed by atoms with van der Waals surface area (Å²) in [6.45, 7) is 4.98. The van der Waals surface area contributed by atoms with Gasteiger partial charge in [-0.2, -0.15) is 23.1 Å². The molecule has 2 saturated heterocycles. The summed E-state index contributed by atoms with van der Waals surface area (Å²) in [6, 6.07) is 0.743. The molecule has 2 aromatic rings. The van der Waals surface area contributed by atoms with Gasteiger partial charge in [-0.1, -0.05) is 0 Å². The van der Waals surface area contributed by atoms with Gasteiger partial charge in [-0.15, -0.1) is 0 Å². The SMILES string of the molecule is C[C@H]1COCCN1c1nc(-c2cnc(N)cc2C(F)(F)F)nc(C2CNCCO2)n1. The Kier molecular flexibility index (Phi) is 5.71. The number of alkyl halides is 3. The van der Waals surface area contributed by atoms with E-state index in [1.54, 1.807) is 0 Å². The van der Waals surface area contributed by atoms with E-state index < -0.39 is 17.8 Å². The lowest BCUT2D eigenvalue weighted by molar-refractivity contribution is -0.137. The van der Waals surface area contributed by atoms with Crippen LogP contribution in [0.3, 0.4) is 0 Å². The van der Waals surface area contributed by atoms with E-state index in [9.17, 15) is 13.2 Å².